The van der Waals surface area contributed by atoms with Crippen LogP contribution in [0.15, 0.2) is 18.2 Å². The second kappa shape index (κ2) is 5.09. The van der Waals surface area contributed by atoms with E-state index in [1.165, 1.54) is 5.56 Å². The third kappa shape index (κ3) is 2.40. The van der Waals surface area contributed by atoms with Crippen LogP contribution in [0.3, 0.4) is 0 Å². The number of benzene rings is 1. The molecule has 1 aromatic carbocycles. The monoisotopic (exact) mass is 274 g/mol. The fourth-order valence-corrected chi connectivity index (χ4v) is 3.30. The second-order valence-corrected chi connectivity index (χ2v) is 6.15. The largest absolute Gasteiger partial charge is 0.508 e. The fourth-order valence-electron chi connectivity index (χ4n) is 3.30. The maximum absolute atomic E-state index is 12.8. The van der Waals surface area contributed by atoms with Crippen molar-refractivity contribution >= 4 is 5.91 Å². The first-order valence-corrected chi connectivity index (χ1v) is 7.44. The second-order valence-electron chi connectivity index (χ2n) is 6.15. The minimum atomic E-state index is -0.410. The zero-order chi connectivity index (χ0) is 14.2. The normalized spacial score (nSPS) is 26.1. The van der Waals surface area contributed by atoms with Gasteiger partial charge in [0, 0.05) is 13.1 Å². The molecule has 4 nitrogen and oxygen atoms in total. The number of carbonyl (C=O) groups excluding carboxylic acids is 1. The summed E-state index contributed by atoms with van der Waals surface area (Å²) in [6, 6.07) is 5.47. The molecule has 108 valence electrons. The quantitative estimate of drug-likeness (QED) is 0.821. The van der Waals surface area contributed by atoms with E-state index < -0.39 is 5.54 Å². The van der Waals surface area contributed by atoms with Gasteiger partial charge in [0.15, 0.2) is 0 Å². The Kier molecular flexibility index (Phi) is 3.42. The summed E-state index contributed by atoms with van der Waals surface area (Å²) in [6.07, 6.45) is 4.05. The number of nitrogens with one attached hydrogen (secondary N) is 1. The molecular weight excluding hydrogens is 252 g/mol. The zero-order valence-electron chi connectivity index (χ0n) is 12.0. The summed E-state index contributed by atoms with van der Waals surface area (Å²) in [7, 11) is 0. The van der Waals surface area contributed by atoms with Gasteiger partial charge in [0.1, 0.15) is 5.75 Å². The molecule has 2 aliphatic rings. The lowest BCUT2D eigenvalue weighted by molar-refractivity contribution is -0.139. The predicted molar refractivity (Wildman–Crippen MR) is 77.5 cm³/mol. The van der Waals surface area contributed by atoms with Gasteiger partial charge in [-0.15, -0.1) is 0 Å². The van der Waals surface area contributed by atoms with Crippen molar-refractivity contribution in [1.29, 1.82) is 0 Å². The summed E-state index contributed by atoms with van der Waals surface area (Å²) < 4.78 is 0. The Balaban J connectivity index is 1.77. The van der Waals surface area contributed by atoms with E-state index in [0.29, 0.717) is 6.54 Å². The van der Waals surface area contributed by atoms with Gasteiger partial charge in [-0.25, -0.2) is 0 Å². The van der Waals surface area contributed by atoms with Gasteiger partial charge in [-0.1, -0.05) is 6.07 Å². The molecule has 2 aliphatic heterocycles. The number of amides is 1. The molecular formula is C16H22N2O2. The van der Waals surface area contributed by atoms with E-state index in [-0.39, 0.29) is 11.7 Å². The van der Waals surface area contributed by atoms with Crippen LogP contribution in [0.5, 0.6) is 5.75 Å². The van der Waals surface area contributed by atoms with Crippen molar-refractivity contribution in [3.63, 3.8) is 0 Å². The summed E-state index contributed by atoms with van der Waals surface area (Å²) in [5.41, 5.74) is 1.91. The molecule has 0 aliphatic carbocycles. The Bertz CT molecular complexity index is 521. The van der Waals surface area contributed by atoms with Gasteiger partial charge >= 0.3 is 0 Å². The van der Waals surface area contributed by atoms with Crippen molar-refractivity contribution in [2.75, 3.05) is 13.1 Å². The van der Waals surface area contributed by atoms with E-state index >= 15 is 0 Å². The molecule has 0 spiro atoms. The Morgan fingerprint density at radius 3 is 2.95 bits per heavy atom. The SMILES string of the molecule is CC1(C(=O)N2CCc3ccc(O)cc3C2)CCCCN1. The summed E-state index contributed by atoms with van der Waals surface area (Å²) >= 11 is 0. The van der Waals surface area contributed by atoms with Gasteiger partial charge < -0.3 is 15.3 Å². The summed E-state index contributed by atoms with van der Waals surface area (Å²) in [6.45, 7) is 4.33. The minimum absolute atomic E-state index is 0.200. The smallest absolute Gasteiger partial charge is 0.242 e. The van der Waals surface area contributed by atoms with Crippen LogP contribution >= 0.6 is 0 Å². The lowest BCUT2D eigenvalue weighted by Crippen LogP contribution is -2.58. The molecule has 0 aromatic heterocycles. The first-order valence-electron chi connectivity index (χ1n) is 7.44. The van der Waals surface area contributed by atoms with Crippen LogP contribution < -0.4 is 5.32 Å². The Morgan fingerprint density at radius 2 is 2.20 bits per heavy atom. The Hall–Kier alpha value is -1.55. The predicted octanol–water partition coefficient (Wildman–Crippen LogP) is 1.81. The number of phenols is 1. The van der Waals surface area contributed by atoms with E-state index in [4.69, 9.17) is 0 Å². The van der Waals surface area contributed by atoms with E-state index in [9.17, 15) is 9.90 Å². The third-order valence-corrected chi connectivity index (χ3v) is 4.58. The van der Waals surface area contributed by atoms with Crippen molar-refractivity contribution in [2.45, 2.75) is 44.7 Å². The van der Waals surface area contributed by atoms with E-state index in [0.717, 1.165) is 44.3 Å². The highest BCUT2D eigenvalue weighted by molar-refractivity contribution is 5.86. The molecule has 1 amide bonds. The van der Waals surface area contributed by atoms with Gasteiger partial charge in [-0.05, 0) is 62.4 Å². The molecule has 3 rings (SSSR count). The molecule has 1 atom stereocenters. The number of nitrogens with zero attached hydrogens (tertiary/aromatic N) is 1. The fraction of sp³-hybridized carbons (Fsp3) is 0.562. The minimum Gasteiger partial charge on any atom is -0.508 e. The zero-order valence-corrected chi connectivity index (χ0v) is 12.0. The molecule has 4 heteroatoms. The van der Waals surface area contributed by atoms with Gasteiger partial charge in [0.2, 0.25) is 5.91 Å². The summed E-state index contributed by atoms with van der Waals surface area (Å²) in [5, 5.41) is 13.0. The molecule has 1 fully saturated rings. The van der Waals surface area contributed by atoms with Gasteiger partial charge in [0.05, 0.1) is 5.54 Å². The summed E-state index contributed by atoms with van der Waals surface area (Å²) in [4.78, 5) is 14.7. The molecule has 2 N–H and O–H groups in total. The number of hydrogen-bond acceptors (Lipinski definition) is 3. The maximum atomic E-state index is 12.8. The molecule has 20 heavy (non-hydrogen) atoms. The Labute approximate surface area is 119 Å². The highest BCUT2D eigenvalue weighted by Gasteiger charge is 2.38. The lowest BCUT2D eigenvalue weighted by atomic mass is 9.88. The van der Waals surface area contributed by atoms with Crippen molar-refractivity contribution in [1.82, 2.24) is 10.2 Å². The average Bonchev–Trinajstić information content (AvgIpc) is 2.46. The summed E-state index contributed by atoms with van der Waals surface area (Å²) in [5.74, 6) is 0.478. The van der Waals surface area contributed by atoms with Crippen LogP contribution in [0.2, 0.25) is 0 Å². The maximum Gasteiger partial charge on any atom is 0.242 e. The van der Waals surface area contributed by atoms with Crippen LogP contribution in [0.25, 0.3) is 0 Å². The van der Waals surface area contributed by atoms with Crippen molar-refractivity contribution in [3.05, 3.63) is 29.3 Å². The van der Waals surface area contributed by atoms with Crippen LogP contribution in [-0.2, 0) is 17.8 Å². The third-order valence-electron chi connectivity index (χ3n) is 4.58. The van der Waals surface area contributed by atoms with Crippen molar-refractivity contribution in [2.24, 2.45) is 0 Å². The lowest BCUT2D eigenvalue weighted by Gasteiger charge is -2.39. The highest BCUT2D eigenvalue weighted by atomic mass is 16.3. The van der Waals surface area contributed by atoms with Gasteiger partial charge in [-0.3, -0.25) is 4.79 Å². The van der Waals surface area contributed by atoms with Gasteiger partial charge in [-0.2, -0.15) is 0 Å². The van der Waals surface area contributed by atoms with E-state index in [1.54, 1.807) is 12.1 Å². The average molecular weight is 274 g/mol. The Morgan fingerprint density at radius 1 is 1.35 bits per heavy atom. The van der Waals surface area contributed by atoms with E-state index in [2.05, 4.69) is 5.32 Å². The molecule has 1 saturated heterocycles. The van der Waals surface area contributed by atoms with Crippen LogP contribution in [0.4, 0.5) is 0 Å². The number of fused-ring (bicyclic) bond motifs is 1. The first kappa shape index (κ1) is 13.4. The molecule has 1 aromatic rings. The number of hydrogen-bond donors (Lipinski definition) is 2. The molecule has 0 radical (unpaired) electrons. The number of rotatable bonds is 1. The molecule has 1 unspecified atom stereocenters. The van der Waals surface area contributed by atoms with Crippen molar-refractivity contribution < 1.29 is 9.90 Å². The van der Waals surface area contributed by atoms with Crippen LogP contribution in [0.1, 0.15) is 37.3 Å². The number of piperidine rings is 1. The number of aromatic hydroxyl groups is 1. The standard InChI is InChI=1S/C16H22N2O2/c1-16(7-2-3-8-17-16)15(20)18-9-6-12-4-5-14(19)10-13(12)11-18/h4-5,10,17,19H,2-3,6-9,11H2,1H3. The number of carbonyl (C=O) groups is 1. The topological polar surface area (TPSA) is 52.6 Å². The first-order chi connectivity index (χ1) is 9.58. The van der Waals surface area contributed by atoms with Crippen molar-refractivity contribution in [3.8, 4) is 5.75 Å². The van der Waals surface area contributed by atoms with Crippen LogP contribution in [-0.4, -0.2) is 34.5 Å². The molecule has 0 bridgehead atoms. The highest BCUT2D eigenvalue weighted by Crippen LogP contribution is 2.27. The van der Waals surface area contributed by atoms with Gasteiger partial charge in [0.25, 0.3) is 0 Å². The van der Waals surface area contributed by atoms with Crippen LogP contribution in [0, 0.1) is 0 Å². The van der Waals surface area contributed by atoms with E-state index in [1.807, 2.05) is 17.9 Å². The molecule has 2 heterocycles. The molecule has 0 saturated carbocycles. The number of phenolic OH excluding ortho intramolecular Hbond substituents is 1.